The Hall–Kier alpha value is -1.84. The number of nitrogens with zero attached hydrogens (tertiary/aromatic N) is 1. The van der Waals surface area contributed by atoms with Gasteiger partial charge in [0, 0.05) is 23.6 Å². The molecule has 3 nitrogen and oxygen atoms in total. The summed E-state index contributed by atoms with van der Waals surface area (Å²) in [4.78, 5) is 2.20. The molecule has 2 heterocycles. The first-order chi connectivity index (χ1) is 10.6. The van der Waals surface area contributed by atoms with Crippen LogP contribution in [0.1, 0.15) is 29.0 Å². The van der Waals surface area contributed by atoms with Crippen molar-refractivity contribution in [3.05, 3.63) is 59.2 Å². The second-order valence-corrected chi connectivity index (χ2v) is 6.59. The molecule has 2 aliphatic heterocycles. The highest BCUT2D eigenvalue weighted by atomic mass is 16.5. The lowest BCUT2D eigenvalue weighted by atomic mass is 9.73. The van der Waals surface area contributed by atoms with Gasteiger partial charge in [-0.3, -0.25) is 0 Å². The van der Waals surface area contributed by atoms with E-state index in [0.717, 1.165) is 41.2 Å². The first kappa shape index (κ1) is 13.8. The Morgan fingerprint density at radius 1 is 1.18 bits per heavy atom. The maximum Gasteiger partial charge on any atom is 0.136 e. The van der Waals surface area contributed by atoms with E-state index < -0.39 is 5.60 Å². The zero-order valence-electron chi connectivity index (χ0n) is 13.0. The van der Waals surface area contributed by atoms with Crippen LogP contribution in [0.4, 0.5) is 0 Å². The molecule has 0 radical (unpaired) electrons. The number of likely N-dealkylation sites (N-methyl/N-ethyl adjacent to an activating group) is 1. The normalized spacial score (nSPS) is 27.1. The Bertz CT molecular complexity index is 727. The summed E-state index contributed by atoms with van der Waals surface area (Å²) in [5, 5.41) is 11.6. The number of para-hydroxylation sites is 2. The monoisotopic (exact) mass is 295 g/mol. The molecule has 2 aliphatic rings. The van der Waals surface area contributed by atoms with Gasteiger partial charge in [0.2, 0.25) is 0 Å². The molecule has 2 aromatic rings. The van der Waals surface area contributed by atoms with Gasteiger partial charge < -0.3 is 14.7 Å². The summed E-state index contributed by atoms with van der Waals surface area (Å²) in [5.74, 6) is 1.77. The molecule has 0 amide bonds. The Morgan fingerprint density at radius 2 is 2.00 bits per heavy atom. The molecule has 0 saturated carbocycles. The average Bonchev–Trinajstić information content (AvgIpc) is 2.60. The molecular formula is C19H21NO2. The summed E-state index contributed by atoms with van der Waals surface area (Å²) in [5.41, 5.74) is 2.20. The van der Waals surface area contributed by atoms with E-state index in [1.54, 1.807) is 0 Å². The fraction of sp³-hybridized carbons (Fsp3) is 0.368. The highest BCUT2D eigenvalue weighted by Crippen LogP contribution is 2.52. The molecule has 1 saturated heterocycles. The van der Waals surface area contributed by atoms with Crippen molar-refractivity contribution < 1.29 is 9.84 Å². The van der Waals surface area contributed by atoms with E-state index in [4.69, 9.17) is 4.74 Å². The van der Waals surface area contributed by atoms with E-state index in [0.29, 0.717) is 6.54 Å². The molecule has 0 aromatic heterocycles. The lowest BCUT2D eigenvalue weighted by Gasteiger charge is -2.43. The molecule has 1 fully saturated rings. The van der Waals surface area contributed by atoms with Crippen LogP contribution in [0.15, 0.2) is 42.5 Å². The number of ether oxygens (including phenoxy) is 1. The highest BCUT2D eigenvalue weighted by molar-refractivity contribution is 5.54. The minimum absolute atomic E-state index is 0.0722. The quantitative estimate of drug-likeness (QED) is 0.808. The SMILES string of the molecule is Cc1cccc2c1Oc1ccccc1[C@H]1CCN(C)C[C@@]21O. The van der Waals surface area contributed by atoms with Crippen LogP contribution in [0.25, 0.3) is 0 Å². The zero-order valence-corrected chi connectivity index (χ0v) is 13.0. The van der Waals surface area contributed by atoms with Crippen molar-refractivity contribution >= 4 is 0 Å². The molecule has 2 aromatic carbocycles. The second-order valence-electron chi connectivity index (χ2n) is 6.59. The number of piperidine rings is 1. The Labute approximate surface area is 131 Å². The zero-order chi connectivity index (χ0) is 15.3. The number of hydrogen-bond donors (Lipinski definition) is 1. The van der Waals surface area contributed by atoms with Crippen LogP contribution in [-0.2, 0) is 5.60 Å². The largest absolute Gasteiger partial charge is 0.456 e. The topological polar surface area (TPSA) is 32.7 Å². The third-order valence-corrected chi connectivity index (χ3v) is 5.07. The van der Waals surface area contributed by atoms with Gasteiger partial charge in [-0.05, 0) is 38.6 Å². The Balaban J connectivity index is 2.00. The first-order valence-electron chi connectivity index (χ1n) is 7.87. The van der Waals surface area contributed by atoms with Crippen molar-refractivity contribution in [2.75, 3.05) is 20.1 Å². The van der Waals surface area contributed by atoms with Crippen molar-refractivity contribution in [2.45, 2.75) is 24.9 Å². The van der Waals surface area contributed by atoms with Gasteiger partial charge in [0.1, 0.15) is 17.1 Å². The predicted octanol–water partition coefficient (Wildman–Crippen LogP) is 3.41. The molecule has 0 unspecified atom stereocenters. The van der Waals surface area contributed by atoms with Crippen LogP contribution in [0.2, 0.25) is 0 Å². The summed E-state index contributed by atoms with van der Waals surface area (Å²) in [6.45, 7) is 3.66. The van der Waals surface area contributed by atoms with E-state index in [2.05, 4.69) is 18.0 Å². The van der Waals surface area contributed by atoms with Crippen LogP contribution in [0.3, 0.4) is 0 Å². The number of hydrogen-bond acceptors (Lipinski definition) is 3. The van der Waals surface area contributed by atoms with Crippen molar-refractivity contribution in [2.24, 2.45) is 0 Å². The minimum atomic E-state index is -0.902. The minimum Gasteiger partial charge on any atom is -0.456 e. The van der Waals surface area contributed by atoms with Crippen molar-refractivity contribution in [1.82, 2.24) is 4.90 Å². The lowest BCUT2D eigenvalue weighted by Crippen LogP contribution is -2.49. The van der Waals surface area contributed by atoms with E-state index in [-0.39, 0.29) is 5.92 Å². The van der Waals surface area contributed by atoms with Gasteiger partial charge >= 0.3 is 0 Å². The van der Waals surface area contributed by atoms with E-state index >= 15 is 0 Å². The van der Waals surface area contributed by atoms with Gasteiger partial charge in [-0.1, -0.05) is 36.4 Å². The molecule has 114 valence electrons. The molecule has 0 aliphatic carbocycles. The molecule has 3 heteroatoms. The number of β-amino-alcohol motifs (C(OH)–C–C–N with tert-alkyl or cyclic N) is 1. The van der Waals surface area contributed by atoms with Crippen LogP contribution < -0.4 is 4.74 Å². The van der Waals surface area contributed by atoms with Crippen molar-refractivity contribution in [1.29, 1.82) is 0 Å². The Kier molecular flexibility index (Phi) is 3.03. The number of rotatable bonds is 0. The summed E-state index contributed by atoms with van der Waals surface area (Å²) < 4.78 is 6.25. The Morgan fingerprint density at radius 3 is 2.86 bits per heavy atom. The molecule has 0 bridgehead atoms. The molecule has 22 heavy (non-hydrogen) atoms. The van der Waals surface area contributed by atoms with Crippen molar-refractivity contribution in [3.8, 4) is 11.5 Å². The summed E-state index contributed by atoms with van der Waals surface area (Å²) in [6, 6.07) is 14.2. The van der Waals surface area contributed by atoms with E-state index in [9.17, 15) is 5.11 Å². The van der Waals surface area contributed by atoms with Gasteiger partial charge in [0.15, 0.2) is 0 Å². The predicted molar refractivity (Wildman–Crippen MR) is 86.4 cm³/mol. The number of likely N-dealkylation sites (tertiary alicyclic amines) is 1. The van der Waals surface area contributed by atoms with Crippen LogP contribution in [0, 0.1) is 6.92 Å². The lowest BCUT2D eigenvalue weighted by molar-refractivity contribution is -0.0471. The smallest absolute Gasteiger partial charge is 0.136 e. The molecular weight excluding hydrogens is 274 g/mol. The van der Waals surface area contributed by atoms with E-state index in [1.165, 1.54) is 0 Å². The third-order valence-electron chi connectivity index (χ3n) is 5.07. The van der Waals surface area contributed by atoms with Gasteiger partial charge in [0.25, 0.3) is 0 Å². The van der Waals surface area contributed by atoms with Gasteiger partial charge in [-0.2, -0.15) is 0 Å². The molecule has 1 N–H and O–H groups in total. The number of benzene rings is 2. The fourth-order valence-corrected chi connectivity index (χ4v) is 3.97. The first-order valence-corrected chi connectivity index (χ1v) is 7.87. The average molecular weight is 295 g/mol. The summed E-state index contributed by atoms with van der Waals surface area (Å²) in [7, 11) is 2.07. The van der Waals surface area contributed by atoms with Gasteiger partial charge in [-0.15, -0.1) is 0 Å². The number of aliphatic hydroxyl groups is 1. The van der Waals surface area contributed by atoms with E-state index in [1.807, 2.05) is 43.3 Å². The maximum absolute atomic E-state index is 11.6. The van der Waals surface area contributed by atoms with Crippen LogP contribution >= 0.6 is 0 Å². The fourth-order valence-electron chi connectivity index (χ4n) is 3.97. The second kappa shape index (κ2) is 4.83. The van der Waals surface area contributed by atoms with Gasteiger partial charge in [-0.25, -0.2) is 0 Å². The number of fused-ring (bicyclic) bond motifs is 5. The standard InChI is InChI=1S/C19H21NO2/c1-13-6-5-8-16-18(13)22-17-9-4-3-7-14(17)15-10-11-20(2)12-19(15,16)21/h3-9,15,21H,10-12H2,1-2H3/t15-,19+/m1/s1. The van der Waals surface area contributed by atoms with Crippen LogP contribution in [0.5, 0.6) is 11.5 Å². The molecule has 2 atom stereocenters. The molecule has 0 spiro atoms. The maximum atomic E-state index is 11.6. The highest BCUT2D eigenvalue weighted by Gasteiger charge is 2.47. The summed E-state index contributed by atoms with van der Waals surface area (Å²) in [6.07, 6.45) is 0.931. The van der Waals surface area contributed by atoms with Gasteiger partial charge in [0.05, 0.1) is 0 Å². The number of aryl methyl sites for hydroxylation is 1. The molecule has 4 rings (SSSR count). The summed E-state index contributed by atoms with van der Waals surface area (Å²) >= 11 is 0. The van der Waals surface area contributed by atoms with Crippen molar-refractivity contribution in [3.63, 3.8) is 0 Å². The third kappa shape index (κ3) is 1.89. The van der Waals surface area contributed by atoms with Crippen LogP contribution in [-0.4, -0.2) is 30.1 Å².